The number of carboxylic acid groups (broad SMARTS) is 1. The van der Waals surface area contributed by atoms with Gasteiger partial charge in [0.2, 0.25) is 0 Å². The summed E-state index contributed by atoms with van der Waals surface area (Å²) < 4.78 is 4.91. The molecule has 0 aliphatic heterocycles. The van der Waals surface area contributed by atoms with Crippen molar-refractivity contribution >= 4 is 11.9 Å². The van der Waals surface area contributed by atoms with Crippen LogP contribution in [0.5, 0.6) is 0 Å². The van der Waals surface area contributed by atoms with Crippen LogP contribution in [0.15, 0.2) is 41.1 Å². The molecule has 0 atom stereocenters. The van der Waals surface area contributed by atoms with E-state index in [1.807, 2.05) is 0 Å². The number of oxazole rings is 1. The minimum atomic E-state index is -1.19. The third kappa shape index (κ3) is 2.54. The number of carbonyl (C=O) groups excluding carboxylic acids is 1. The van der Waals surface area contributed by atoms with Crippen LogP contribution < -0.4 is 5.32 Å². The minimum Gasteiger partial charge on any atom is -0.476 e. The molecule has 2 rings (SSSR count). The number of rotatable bonds is 4. The SMILES string of the molecule is O=C(NCc1ocnc1C(=O)O)c1ccccc1. The lowest BCUT2D eigenvalue weighted by atomic mass is 10.2. The van der Waals surface area contributed by atoms with Crippen molar-refractivity contribution in [2.75, 3.05) is 0 Å². The van der Waals surface area contributed by atoms with Gasteiger partial charge in [-0.15, -0.1) is 0 Å². The molecule has 0 spiro atoms. The van der Waals surface area contributed by atoms with Crippen LogP contribution in [-0.2, 0) is 6.54 Å². The average Bonchev–Trinajstić information content (AvgIpc) is 2.85. The van der Waals surface area contributed by atoms with Gasteiger partial charge in [0, 0.05) is 5.56 Å². The van der Waals surface area contributed by atoms with Gasteiger partial charge in [-0.2, -0.15) is 0 Å². The summed E-state index contributed by atoms with van der Waals surface area (Å²) in [5, 5.41) is 11.4. The number of carboxylic acids is 1. The van der Waals surface area contributed by atoms with Crippen LogP contribution in [0.3, 0.4) is 0 Å². The van der Waals surface area contributed by atoms with E-state index in [1.165, 1.54) is 0 Å². The van der Waals surface area contributed by atoms with Crippen molar-refractivity contribution in [2.24, 2.45) is 0 Å². The topological polar surface area (TPSA) is 92.4 Å². The zero-order valence-corrected chi connectivity index (χ0v) is 9.29. The van der Waals surface area contributed by atoms with Crippen LogP contribution in [0, 0.1) is 0 Å². The van der Waals surface area contributed by atoms with Crippen LogP contribution in [0.2, 0.25) is 0 Å². The van der Waals surface area contributed by atoms with E-state index in [2.05, 4.69) is 10.3 Å². The standard InChI is InChI=1S/C12H10N2O4/c15-11(8-4-2-1-3-5-8)13-6-9-10(12(16)17)14-7-18-9/h1-5,7H,6H2,(H,13,15)(H,16,17). The maximum absolute atomic E-state index is 11.7. The number of benzene rings is 1. The summed E-state index contributed by atoms with van der Waals surface area (Å²) in [7, 11) is 0. The highest BCUT2D eigenvalue weighted by Gasteiger charge is 2.16. The van der Waals surface area contributed by atoms with Crippen molar-refractivity contribution in [3.8, 4) is 0 Å². The Kier molecular flexibility index (Phi) is 3.38. The number of hydrogen-bond acceptors (Lipinski definition) is 4. The summed E-state index contributed by atoms with van der Waals surface area (Å²) in [5.41, 5.74) is 0.303. The molecule has 6 nitrogen and oxygen atoms in total. The van der Waals surface area contributed by atoms with Crippen molar-refractivity contribution < 1.29 is 19.1 Å². The Morgan fingerprint density at radius 3 is 2.67 bits per heavy atom. The number of nitrogens with zero attached hydrogens (tertiary/aromatic N) is 1. The highest BCUT2D eigenvalue weighted by molar-refractivity contribution is 5.94. The molecule has 0 fully saturated rings. The molecule has 2 aromatic rings. The van der Waals surface area contributed by atoms with Crippen LogP contribution in [0.4, 0.5) is 0 Å². The van der Waals surface area contributed by atoms with Crippen LogP contribution in [0.1, 0.15) is 26.6 Å². The quantitative estimate of drug-likeness (QED) is 0.848. The maximum Gasteiger partial charge on any atom is 0.358 e. The first-order valence-corrected chi connectivity index (χ1v) is 5.17. The number of carbonyl (C=O) groups is 2. The fourth-order valence-electron chi connectivity index (χ4n) is 1.42. The molecule has 6 heteroatoms. The van der Waals surface area contributed by atoms with E-state index in [0.717, 1.165) is 6.39 Å². The molecule has 92 valence electrons. The molecule has 0 aliphatic carbocycles. The fourth-order valence-corrected chi connectivity index (χ4v) is 1.42. The fraction of sp³-hybridized carbons (Fsp3) is 0.0833. The number of aromatic carboxylic acids is 1. The van der Waals surface area contributed by atoms with Gasteiger partial charge in [-0.1, -0.05) is 18.2 Å². The third-order valence-electron chi connectivity index (χ3n) is 2.29. The Morgan fingerprint density at radius 2 is 2.00 bits per heavy atom. The summed E-state index contributed by atoms with van der Waals surface area (Å²) in [4.78, 5) is 26.0. The molecule has 0 unspecified atom stereocenters. The van der Waals surface area contributed by atoms with Gasteiger partial charge in [-0.25, -0.2) is 9.78 Å². The summed E-state index contributed by atoms with van der Waals surface area (Å²) in [6.45, 7) is -0.0185. The van der Waals surface area contributed by atoms with E-state index in [-0.39, 0.29) is 23.9 Å². The third-order valence-corrected chi connectivity index (χ3v) is 2.29. The summed E-state index contributed by atoms with van der Waals surface area (Å²) >= 11 is 0. The van der Waals surface area contributed by atoms with E-state index in [0.29, 0.717) is 5.56 Å². The predicted octanol–water partition coefficient (Wildman–Crippen LogP) is 1.30. The van der Waals surface area contributed by atoms with Crippen molar-refractivity contribution in [3.05, 3.63) is 53.7 Å². The Labute approximate surface area is 102 Å². The Bertz CT molecular complexity index is 562. The van der Waals surface area contributed by atoms with Crippen molar-refractivity contribution in [2.45, 2.75) is 6.54 Å². The summed E-state index contributed by atoms with van der Waals surface area (Å²) in [6.07, 6.45) is 1.04. The molecule has 0 radical (unpaired) electrons. The molecular weight excluding hydrogens is 236 g/mol. The second kappa shape index (κ2) is 5.13. The number of aromatic nitrogens is 1. The molecule has 0 saturated heterocycles. The van der Waals surface area contributed by atoms with Gasteiger partial charge in [0.25, 0.3) is 5.91 Å². The lowest BCUT2D eigenvalue weighted by Crippen LogP contribution is -2.23. The van der Waals surface area contributed by atoms with E-state index >= 15 is 0 Å². The van der Waals surface area contributed by atoms with Gasteiger partial charge in [0.15, 0.2) is 17.8 Å². The minimum absolute atomic E-state index is 0.0185. The van der Waals surface area contributed by atoms with Crippen molar-refractivity contribution in [1.29, 1.82) is 0 Å². The zero-order chi connectivity index (χ0) is 13.0. The highest BCUT2D eigenvalue weighted by atomic mass is 16.4. The first-order valence-electron chi connectivity index (χ1n) is 5.17. The van der Waals surface area contributed by atoms with Gasteiger partial charge in [-0.05, 0) is 12.1 Å². The first kappa shape index (κ1) is 11.8. The zero-order valence-electron chi connectivity index (χ0n) is 9.29. The number of nitrogens with one attached hydrogen (secondary N) is 1. The predicted molar refractivity (Wildman–Crippen MR) is 61.1 cm³/mol. The molecule has 0 bridgehead atoms. The van der Waals surface area contributed by atoms with Crippen molar-refractivity contribution in [3.63, 3.8) is 0 Å². The number of hydrogen-bond donors (Lipinski definition) is 2. The molecule has 1 aromatic carbocycles. The normalized spacial score (nSPS) is 10.0. The molecule has 18 heavy (non-hydrogen) atoms. The lowest BCUT2D eigenvalue weighted by molar-refractivity contribution is 0.0687. The van der Waals surface area contributed by atoms with Gasteiger partial charge >= 0.3 is 5.97 Å². The van der Waals surface area contributed by atoms with Crippen LogP contribution in [-0.4, -0.2) is 22.0 Å². The van der Waals surface area contributed by atoms with Gasteiger partial charge in [0.1, 0.15) is 0 Å². The first-order chi connectivity index (χ1) is 8.68. The monoisotopic (exact) mass is 246 g/mol. The Morgan fingerprint density at radius 1 is 1.28 bits per heavy atom. The van der Waals surface area contributed by atoms with E-state index in [1.54, 1.807) is 30.3 Å². The lowest BCUT2D eigenvalue weighted by Gasteiger charge is -2.03. The Hall–Kier alpha value is -2.63. The van der Waals surface area contributed by atoms with Crippen LogP contribution in [0.25, 0.3) is 0 Å². The highest BCUT2D eigenvalue weighted by Crippen LogP contribution is 2.07. The molecule has 0 aliphatic rings. The van der Waals surface area contributed by atoms with Gasteiger partial charge < -0.3 is 14.8 Å². The van der Waals surface area contributed by atoms with E-state index < -0.39 is 5.97 Å². The van der Waals surface area contributed by atoms with E-state index in [9.17, 15) is 9.59 Å². The molecule has 1 amide bonds. The number of amides is 1. The summed E-state index contributed by atoms with van der Waals surface area (Å²) in [6, 6.07) is 8.61. The van der Waals surface area contributed by atoms with Crippen LogP contribution >= 0.6 is 0 Å². The van der Waals surface area contributed by atoms with Crippen molar-refractivity contribution in [1.82, 2.24) is 10.3 Å². The molecule has 1 aromatic heterocycles. The molecular formula is C12H10N2O4. The average molecular weight is 246 g/mol. The maximum atomic E-state index is 11.7. The molecule has 1 heterocycles. The molecule has 0 saturated carbocycles. The summed E-state index contributed by atoms with van der Waals surface area (Å²) in [5.74, 6) is -1.37. The second-order valence-corrected chi connectivity index (χ2v) is 3.48. The molecule has 2 N–H and O–H groups in total. The Balaban J connectivity index is 2.02. The smallest absolute Gasteiger partial charge is 0.358 e. The van der Waals surface area contributed by atoms with Gasteiger partial charge in [0.05, 0.1) is 6.54 Å². The van der Waals surface area contributed by atoms with E-state index in [4.69, 9.17) is 9.52 Å². The second-order valence-electron chi connectivity index (χ2n) is 3.48. The largest absolute Gasteiger partial charge is 0.476 e. The van der Waals surface area contributed by atoms with Gasteiger partial charge in [-0.3, -0.25) is 4.79 Å².